The molecule has 0 aliphatic heterocycles. The Labute approximate surface area is 98.2 Å². The second-order valence-electron chi connectivity index (χ2n) is 4.54. The van der Waals surface area contributed by atoms with Gasteiger partial charge in [-0.05, 0) is 34.1 Å². The Bertz CT molecular complexity index is 288. The molecule has 0 saturated carbocycles. The van der Waals surface area contributed by atoms with E-state index in [-0.39, 0.29) is 6.04 Å². The molecule has 0 unspecified atom stereocenters. The molecule has 0 aromatic rings. The largest absolute Gasteiger partial charge is 0.279 e. The van der Waals surface area contributed by atoms with Gasteiger partial charge in [0.1, 0.15) is 0 Å². The molecule has 0 heterocycles. The smallest absolute Gasteiger partial charge is 0.196 e. The molecule has 0 bridgehead atoms. The Morgan fingerprint density at radius 1 is 1.40 bits per heavy atom. The standard InChI is InChI=1S/C9H21ClN2O2S/c1-8(2)12(5)15(13,14)11-9(3,4)6-7-10/h8,11H,6-7H2,1-5H3. The second-order valence-corrected chi connectivity index (χ2v) is 6.65. The van der Waals surface area contributed by atoms with Crippen molar-refractivity contribution in [2.75, 3.05) is 12.9 Å². The Kier molecular flexibility index (Phi) is 5.54. The molecule has 0 aromatic carbocycles. The first-order valence-electron chi connectivity index (χ1n) is 4.95. The fourth-order valence-electron chi connectivity index (χ4n) is 0.986. The zero-order chi connectivity index (χ0) is 12.3. The molecular weight excluding hydrogens is 236 g/mol. The molecule has 0 atom stereocenters. The van der Waals surface area contributed by atoms with E-state index in [9.17, 15) is 8.42 Å². The van der Waals surface area contributed by atoms with Gasteiger partial charge in [0.2, 0.25) is 0 Å². The van der Waals surface area contributed by atoms with Gasteiger partial charge in [0.25, 0.3) is 10.2 Å². The van der Waals surface area contributed by atoms with Crippen LogP contribution in [0.1, 0.15) is 34.1 Å². The average molecular weight is 257 g/mol. The van der Waals surface area contributed by atoms with Crippen molar-refractivity contribution in [2.45, 2.75) is 45.7 Å². The number of nitrogens with zero attached hydrogens (tertiary/aromatic N) is 1. The molecule has 0 aliphatic rings. The minimum Gasteiger partial charge on any atom is -0.196 e. The summed E-state index contributed by atoms with van der Waals surface area (Å²) < 4.78 is 27.6. The normalized spacial score (nSPS) is 13.9. The lowest BCUT2D eigenvalue weighted by molar-refractivity contribution is 0.371. The predicted octanol–water partition coefficient (Wildman–Crippen LogP) is 1.57. The zero-order valence-corrected chi connectivity index (χ0v) is 11.6. The Morgan fingerprint density at radius 3 is 2.20 bits per heavy atom. The van der Waals surface area contributed by atoms with Crippen LogP contribution in [-0.4, -0.2) is 37.2 Å². The molecule has 92 valence electrons. The first kappa shape index (κ1) is 15.2. The number of alkyl halides is 1. The van der Waals surface area contributed by atoms with Crippen molar-refractivity contribution in [3.05, 3.63) is 0 Å². The van der Waals surface area contributed by atoms with E-state index < -0.39 is 15.7 Å². The Balaban J connectivity index is 4.65. The maximum Gasteiger partial charge on any atom is 0.279 e. The molecule has 6 heteroatoms. The summed E-state index contributed by atoms with van der Waals surface area (Å²) in [7, 11) is -1.86. The van der Waals surface area contributed by atoms with Crippen LogP contribution in [0.5, 0.6) is 0 Å². The van der Waals surface area contributed by atoms with Crippen molar-refractivity contribution in [1.29, 1.82) is 0 Å². The molecule has 1 N–H and O–H groups in total. The van der Waals surface area contributed by atoms with Crippen LogP contribution in [0.3, 0.4) is 0 Å². The summed E-state index contributed by atoms with van der Waals surface area (Å²) in [6.45, 7) is 7.30. The Hall–Kier alpha value is 0.160. The first-order chi connectivity index (χ1) is 6.62. The molecule has 0 fully saturated rings. The van der Waals surface area contributed by atoms with Crippen LogP contribution in [0.25, 0.3) is 0 Å². The average Bonchev–Trinajstić information content (AvgIpc) is 2.00. The van der Waals surface area contributed by atoms with Crippen LogP contribution < -0.4 is 4.72 Å². The van der Waals surface area contributed by atoms with Crippen molar-refractivity contribution in [2.24, 2.45) is 0 Å². The summed E-state index contributed by atoms with van der Waals surface area (Å²) in [6.07, 6.45) is 0.597. The third-order valence-electron chi connectivity index (χ3n) is 2.23. The van der Waals surface area contributed by atoms with E-state index in [1.165, 1.54) is 4.31 Å². The van der Waals surface area contributed by atoms with Crippen LogP contribution in [0.2, 0.25) is 0 Å². The van der Waals surface area contributed by atoms with Gasteiger partial charge >= 0.3 is 0 Å². The van der Waals surface area contributed by atoms with E-state index in [0.717, 1.165) is 0 Å². The molecule has 0 aliphatic carbocycles. The summed E-state index contributed by atoms with van der Waals surface area (Å²) >= 11 is 5.61. The highest BCUT2D eigenvalue weighted by Gasteiger charge is 2.28. The summed E-state index contributed by atoms with van der Waals surface area (Å²) in [4.78, 5) is 0. The molecule has 0 saturated heterocycles. The van der Waals surface area contributed by atoms with Crippen molar-refractivity contribution in [1.82, 2.24) is 9.03 Å². The first-order valence-corrected chi connectivity index (χ1v) is 6.93. The van der Waals surface area contributed by atoms with Crippen molar-refractivity contribution < 1.29 is 8.42 Å². The van der Waals surface area contributed by atoms with E-state index in [1.54, 1.807) is 7.05 Å². The van der Waals surface area contributed by atoms with E-state index in [0.29, 0.717) is 12.3 Å². The van der Waals surface area contributed by atoms with Gasteiger partial charge in [-0.25, -0.2) is 0 Å². The molecule has 0 amide bonds. The van der Waals surface area contributed by atoms with Gasteiger partial charge < -0.3 is 0 Å². The molecule has 0 radical (unpaired) electrons. The minimum atomic E-state index is -3.41. The molecule has 0 rings (SSSR count). The second kappa shape index (κ2) is 5.48. The summed E-state index contributed by atoms with van der Waals surface area (Å²) in [5, 5.41) is 0. The molecule has 0 spiro atoms. The number of hydrogen-bond acceptors (Lipinski definition) is 2. The Morgan fingerprint density at radius 2 is 1.87 bits per heavy atom. The van der Waals surface area contributed by atoms with E-state index >= 15 is 0 Å². The number of halogens is 1. The topological polar surface area (TPSA) is 49.4 Å². The van der Waals surface area contributed by atoms with Gasteiger partial charge in [-0.2, -0.15) is 17.4 Å². The van der Waals surface area contributed by atoms with Gasteiger partial charge in [-0.3, -0.25) is 0 Å². The summed E-state index contributed by atoms with van der Waals surface area (Å²) in [5.41, 5.74) is -0.510. The van der Waals surface area contributed by atoms with Gasteiger partial charge in [0.05, 0.1) is 0 Å². The van der Waals surface area contributed by atoms with Crippen molar-refractivity contribution >= 4 is 21.8 Å². The third-order valence-corrected chi connectivity index (χ3v) is 4.41. The van der Waals surface area contributed by atoms with E-state index in [1.807, 2.05) is 27.7 Å². The highest BCUT2D eigenvalue weighted by atomic mass is 35.5. The number of rotatable bonds is 6. The van der Waals surface area contributed by atoms with Gasteiger partial charge in [-0.1, -0.05) is 0 Å². The highest BCUT2D eigenvalue weighted by molar-refractivity contribution is 7.87. The maximum absolute atomic E-state index is 11.8. The number of nitrogens with one attached hydrogen (secondary N) is 1. The summed E-state index contributed by atoms with van der Waals surface area (Å²) in [6, 6.07) is -0.0608. The minimum absolute atomic E-state index is 0.0608. The van der Waals surface area contributed by atoms with Crippen LogP contribution in [-0.2, 0) is 10.2 Å². The van der Waals surface area contributed by atoms with Crippen LogP contribution in [0.4, 0.5) is 0 Å². The monoisotopic (exact) mass is 256 g/mol. The lowest BCUT2D eigenvalue weighted by Gasteiger charge is -2.29. The lowest BCUT2D eigenvalue weighted by Crippen LogP contribution is -2.51. The van der Waals surface area contributed by atoms with E-state index in [4.69, 9.17) is 11.6 Å². The van der Waals surface area contributed by atoms with Gasteiger partial charge in [0.15, 0.2) is 0 Å². The molecule has 4 nitrogen and oxygen atoms in total. The number of hydrogen-bond donors (Lipinski definition) is 1. The molecular formula is C9H21ClN2O2S. The fourth-order valence-corrected chi connectivity index (χ4v) is 2.96. The molecule has 15 heavy (non-hydrogen) atoms. The SMILES string of the molecule is CC(C)N(C)S(=O)(=O)NC(C)(C)CCCl. The highest BCUT2D eigenvalue weighted by Crippen LogP contribution is 2.13. The van der Waals surface area contributed by atoms with Crippen LogP contribution in [0.15, 0.2) is 0 Å². The van der Waals surface area contributed by atoms with Crippen molar-refractivity contribution in [3.8, 4) is 0 Å². The lowest BCUT2D eigenvalue weighted by atomic mass is 10.0. The van der Waals surface area contributed by atoms with Crippen LogP contribution >= 0.6 is 11.6 Å². The van der Waals surface area contributed by atoms with Gasteiger partial charge in [-0.15, -0.1) is 11.6 Å². The zero-order valence-electron chi connectivity index (χ0n) is 10.0. The summed E-state index contributed by atoms with van der Waals surface area (Å²) in [5.74, 6) is 0.431. The quantitative estimate of drug-likeness (QED) is 0.734. The third kappa shape index (κ3) is 5.15. The predicted molar refractivity (Wildman–Crippen MR) is 64.4 cm³/mol. The van der Waals surface area contributed by atoms with Gasteiger partial charge in [0, 0.05) is 24.5 Å². The van der Waals surface area contributed by atoms with E-state index in [2.05, 4.69) is 4.72 Å². The van der Waals surface area contributed by atoms with Crippen molar-refractivity contribution in [3.63, 3.8) is 0 Å². The fraction of sp³-hybridized carbons (Fsp3) is 1.00. The van der Waals surface area contributed by atoms with Crippen LogP contribution in [0, 0.1) is 0 Å². The maximum atomic E-state index is 11.8. The molecule has 0 aromatic heterocycles.